The molecule has 0 saturated carbocycles. The summed E-state index contributed by atoms with van der Waals surface area (Å²) in [7, 11) is 2.16. The molecule has 0 bridgehead atoms. The summed E-state index contributed by atoms with van der Waals surface area (Å²) in [6.07, 6.45) is 9.10. The fourth-order valence-electron chi connectivity index (χ4n) is 7.49. The number of rotatable bonds is 6. The number of hydrogen-bond donors (Lipinski definition) is 0. The molecule has 3 heterocycles. The van der Waals surface area contributed by atoms with Crippen molar-refractivity contribution >= 4 is 11.7 Å². The van der Waals surface area contributed by atoms with E-state index in [-0.39, 0.29) is 23.8 Å². The maximum atomic E-state index is 12.5. The van der Waals surface area contributed by atoms with Gasteiger partial charge in [-0.3, -0.25) is 4.79 Å². The van der Waals surface area contributed by atoms with Crippen molar-refractivity contribution in [3.05, 3.63) is 58.8 Å². The summed E-state index contributed by atoms with van der Waals surface area (Å²) in [5.74, 6) is 0.803. The van der Waals surface area contributed by atoms with Crippen LogP contribution in [0.2, 0.25) is 0 Å². The van der Waals surface area contributed by atoms with E-state index >= 15 is 0 Å². The van der Waals surface area contributed by atoms with Crippen LogP contribution in [-0.4, -0.2) is 77.6 Å². The molecule has 8 nitrogen and oxygen atoms in total. The van der Waals surface area contributed by atoms with Gasteiger partial charge in [-0.2, -0.15) is 15.2 Å². The molecular formula is C32H40N6O2. The second-order valence-corrected chi connectivity index (χ2v) is 12.2. The molecule has 210 valence electrons. The van der Waals surface area contributed by atoms with Gasteiger partial charge < -0.3 is 19.4 Å². The maximum absolute atomic E-state index is 12.5. The number of carbonyl (C=O) groups excluding carboxylic acids is 1. The van der Waals surface area contributed by atoms with Gasteiger partial charge in [0.05, 0.1) is 24.2 Å². The summed E-state index contributed by atoms with van der Waals surface area (Å²) in [5.41, 5.74) is 6.72. The number of likely N-dealkylation sites (N-methyl/N-ethyl adjacent to an activating group) is 1. The number of fused-ring (bicyclic) bond motifs is 3. The molecule has 40 heavy (non-hydrogen) atoms. The predicted molar refractivity (Wildman–Crippen MR) is 155 cm³/mol. The second kappa shape index (κ2) is 10.9. The highest BCUT2D eigenvalue weighted by Crippen LogP contribution is 2.49. The fraction of sp³-hybridized carbons (Fsp3) is 0.562. The number of piperazine rings is 1. The molecule has 2 aliphatic heterocycles. The van der Waals surface area contributed by atoms with Gasteiger partial charge in [0.15, 0.2) is 0 Å². The van der Waals surface area contributed by atoms with Crippen molar-refractivity contribution < 1.29 is 9.53 Å². The minimum Gasteiger partial charge on any atom is -0.462 e. The Balaban J connectivity index is 1.33. The molecule has 3 unspecified atom stereocenters. The number of likely N-dealkylation sites (tertiary alicyclic amines) is 1. The average molecular weight is 541 g/mol. The van der Waals surface area contributed by atoms with Crippen LogP contribution < -0.4 is 9.64 Å². The molecule has 1 aromatic heterocycles. The summed E-state index contributed by atoms with van der Waals surface area (Å²) in [6, 6.07) is 9.86. The molecule has 2 aliphatic carbocycles. The topological polar surface area (TPSA) is 85.6 Å². The smallest absolute Gasteiger partial charge is 0.318 e. The molecule has 2 aromatic rings. The number of carbonyl (C=O) groups is 1. The van der Waals surface area contributed by atoms with Crippen LogP contribution >= 0.6 is 0 Å². The largest absolute Gasteiger partial charge is 0.462 e. The van der Waals surface area contributed by atoms with Crippen molar-refractivity contribution in [3.63, 3.8) is 0 Å². The van der Waals surface area contributed by atoms with Crippen LogP contribution in [0, 0.1) is 18.3 Å². The lowest BCUT2D eigenvalue weighted by Gasteiger charge is -2.42. The third-order valence-electron chi connectivity index (χ3n) is 9.76. The van der Waals surface area contributed by atoms with Gasteiger partial charge in [-0.15, -0.1) is 0 Å². The highest BCUT2D eigenvalue weighted by molar-refractivity contribution is 5.87. The summed E-state index contributed by atoms with van der Waals surface area (Å²) in [6.45, 7) is 9.28. The van der Waals surface area contributed by atoms with E-state index in [2.05, 4.69) is 54.6 Å². The van der Waals surface area contributed by atoms with E-state index in [1.54, 1.807) is 4.90 Å². The summed E-state index contributed by atoms with van der Waals surface area (Å²) < 4.78 is 6.32. The highest BCUT2D eigenvalue weighted by atomic mass is 16.5. The van der Waals surface area contributed by atoms with Crippen LogP contribution in [0.1, 0.15) is 60.1 Å². The lowest BCUT2D eigenvalue weighted by Crippen LogP contribution is -2.55. The normalized spacial score (nSPS) is 25.9. The zero-order valence-electron chi connectivity index (χ0n) is 23.9. The van der Waals surface area contributed by atoms with Gasteiger partial charge in [0.25, 0.3) is 0 Å². The third-order valence-corrected chi connectivity index (χ3v) is 9.76. The monoisotopic (exact) mass is 540 g/mol. The number of amides is 1. The molecular weight excluding hydrogens is 500 g/mol. The van der Waals surface area contributed by atoms with Crippen LogP contribution in [0.15, 0.2) is 30.9 Å². The Hall–Kier alpha value is -3.44. The van der Waals surface area contributed by atoms with E-state index in [4.69, 9.17) is 14.7 Å². The minimum atomic E-state index is -0.203. The standard InChI is InChI=1S/C32H40N6O2/c1-4-29(39)38-17-16-37(20-24(38)11-14-33)30-26-10-13-32(12-9-23-18-22(2)7-8-27(23)32)19-28(26)34-31(35-30)40-21-25-6-5-15-36(25)3/h4,7-8,18,24-25H,1,5-6,9-13,15-17,19-21H2,2-3H3. The minimum absolute atomic E-state index is 0.114. The fourth-order valence-corrected chi connectivity index (χ4v) is 7.49. The van der Waals surface area contributed by atoms with E-state index in [0.29, 0.717) is 38.3 Å². The zero-order chi connectivity index (χ0) is 27.9. The third kappa shape index (κ3) is 4.85. The molecule has 3 atom stereocenters. The molecule has 8 heteroatoms. The van der Waals surface area contributed by atoms with Crippen LogP contribution in [0.25, 0.3) is 0 Å². The van der Waals surface area contributed by atoms with Crippen LogP contribution in [0.3, 0.4) is 0 Å². The van der Waals surface area contributed by atoms with E-state index in [1.807, 2.05) is 0 Å². The van der Waals surface area contributed by atoms with E-state index in [9.17, 15) is 10.1 Å². The molecule has 2 fully saturated rings. The predicted octanol–water partition coefficient (Wildman–Crippen LogP) is 3.75. The SMILES string of the molecule is C=CC(=O)N1CCN(c2nc(OCC3CCCN3C)nc3c2CCC2(CCc4cc(C)ccc42)C3)CC1CC#N. The lowest BCUT2D eigenvalue weighted by atomic mass is 9.69. The summed E-state index contributed by atoms with van der Waals surface area (Å²) in [4.78, 5) is 29.0. The Morgan fingerprint density at radius 2 is 2.08 bits per heavy atom. The van der Waals surface area contributed by atoms with Crippen molar-refractivity contribution in [3.8, 4) is 12.1 Å². The van der Waals surface area contributed by atoms with E-state index in [0.717, 1.165) is 56.6 Å². The Bertz CT molecular complexity index is 1350. The number of nitriles is 1. The summed E-state index contributed by atoms with van der Waals surface area (Å²) in [5, 5.41) is 9.51. The summed E-state index contributed by atoms with van der Waals surface area (Å²) >= 11 is 0. The number of ether oxygens (including phenoxy) is 1. The Labute approximate surface area is 237 Å². The van der Waals surface area contributed by atoms with Crippen molar-refractivity contribution in [1.29, 1.82) is 5.26 Å². The Kier molecular flexibility index (Phi) is 7.26. The quantitative estimate of drug-likeness (QED) is 0.516. The molecule has 2 saturated heterocycles. The number of hydrogen-bond acceptors (Lipinski definition) is 7. The van der Waals surface area contributed by atoms with Crippen molar-refractivity contribution in [2.75, 3.05) is 44.7 Å². The number of nitrogens with zero attached hydrogens (tertiary/aromatic N) is 6. The molecule has 1 amide bonds. The van der Waals surface area contributed by atoms with E-state index < -0.39 is 0 Å². The van der Waals surface area contributed by atoms with Gasteiger partial charge >= 0.3 is 6.01 Å². The Morgan fingerprint density at radius 3 is 2.85 bits per heavy atom. The zero-order valence-corrected chi connectivity index (χ0v) is 23.9. The van der Waals surface area contributed by atoms with Gasteiger partial charge in [-0.25, -0.2) is 0 Å². The van der Waals surface area contributed by atoms with Gasteiger partial charge in [-0.1, -0.05) is 30.3 Å². The molecule has 0 N–H and O–H groups in total. The highest BCUT2D eigenvalue weighted by Gasteiger charge is 2.43. The lowest BCUT2D eigenvalue weighted by molar-refractivity contribution is -0.128. The number of aryl methyl sites for hydroxylation is 2. The van der Waals surface area contributed by atoms with Crippen LogP contribution in [0.5, 0.6) is 6.01 Å². The van der Waals surface area contributed by atoms with Gasteiger partial charge in [0, 0.05) is 36.7 Å². The Morgan fingerprint density at radius 1 is 1.23 bits per heavy atom. The molecule has 0 radical (unpaired) electrons. The number of anilines is 1. The molecule has 1 spiro atoms. The maximum Gasteiger partial charge on any atom is 0.318 e. The van der Waals surface area contributed by atoms with Crippen LogP contribution in [0.4, 0.5) is 5.82 Å². The first-order chi connectivity index (χ1) is 19.4. The van der Waals surface area contributed by atoms with Crippen molar-refractivity contribution in [2.45, 2.75) is 75.8 Å². The average Bonchev–Trinajstić information content (AvgIpc) is 3.53. The van der Waals surface area contributed by atoms with Crippen molar-refractivity contribution in [1.82, 2.24) is 19.8 Å². The molecule has 1 aromatic carbocycles. The van der Waals surface area contributed by atoms with Gasteiger partial charge in [0.1, 0.15) is 12.4 Å². The second-order valence-electron chi connectivity index (χ2n) is 12.2. The first-order valence-electron chi connectivity index (χ1n) is 14.8. The molecule has 4 aliphatic rings. The molecule has 6 rings (SSSR count). The van der Waals surface area contributed by atoms with E-state index in [1.165, 1.54) is 34.8 Å². The van der Waals surface area contributed by atoms with Crippen LogP contribution in [-0.2, 0) is 29.5 Å². The number of aromatic nitrogens is 2. The van der Waals surface area contributed by atoms with Gasteiger partial charge in [0.2, 0.25) is 5.91 Å². The first kappa shape index (κ1) is 26.8. The number of benzene rings is 1. The van der Waals surface area contributed by atoms with Gasteiger partial charge in [-0.05, 0) is 82.7 Å². The van der Waals surface area contributed by atoms with Crippen molar-refractivity contribution in [2.24, 2.45) is 0 Å². The first-order valence-corrected chi connectivity index (χ1v) is 14.8.